The number of hydrogen-bond acceptors (Lipinski definition) is 3. The third kappa shape index (κ3) is 2.76. The Morgan fingerprint density at radius 1 is 1.32 bits per heavy atom. The van der Waals surface area contributed by atoms with E-state index in [1.807, 2.05) is 42.1 Å². The summed E-state index contributed by atoms with van der Waals surface area (Å²) in [6, 6.07) is 7.90. The zero-order valence-electron chi connectivity index (χ0n) is 11.0. The van der Waals surface area contributed by atoms with E-state index in [9.17, 15) is 9.59 Å². The molecule has 0 fully saturated rings. The molecule has 0 spiro atoms. The van der Waals surface area contributed by atoms with Gasteiger partial charge in [-0.2, -0.15) is 0 Å². The molecule has 0 bridgehead atoms. The van der Waals surface area contributed by atoms with Gasteiger partial charge in [0.2, 0.25) is 0 Å². The summed E-state index contributed by atoms with van der Waals surface area (Å²) in [6.07, 6.45) is 1.94. The highest BCUT2D eigenvalue weighted by molar-refractivity contribution is 6.32. The summed E-state index contributed by atoms with van der Waals surface area (Å²) in [5.41, 5.74) is 2.05. The van der Waals surface area contributed by atoms with Crippen molar-refractivity contribution in [3.63, 3.8) is 0 Å². The van der Waals surface area contributed by atoms with Crippen molar-refractivity contribution in [3.8, 4) is 0 Å². The molecule has 0 radical (unpaired) electrons. The zero-order chi connectivity index (χ0) is 13.8. The third-order valence-electron chi connectivity index (χ3n) is 2.88. The Kier molecular flexibility index (Phi) is 3.85. The molecule has 0 atom stereocenters. The van der Waals surface area contributed by atoms with E-state index in [0.717, 1.165) is 16.5 Å². The van der Waals surface area contributed by atoms with Gasteiger partial charge in [0.1, 0.15) is 0 Å². The Bertz CT molecular complexity index is 616. The summed E-state index contributed by atoms with van der Waals surface area (Å²) in [4.78, 5) is 22.7. The normalized spacial score (nSPS) is 10.4. The number of aromatic nitrogens is 1. The molecule has 100 valence electrons. The van der Waals surface area contributed by atoms with Gasteiger partial charge in [-0.3, -0.25) is 4.79 Å². The lowest BCUT2D eigenvalue weighted by Gasteiger charge is -2.03. The summed E-state index contributed by atoms with van der Waals surface area (Å²) in [6.45, 7) is 2.16. The van der Waals surface area contributed by atoms with Gasteiger partial charge in [0.15, 0.2) is 0 Å². The molecule has 2 aromatic rings. The molecule has 1 aromatic carbocycles. The Balaban J connectivity index is 2.10. The first-order chi connectivity index (χ1) is 9.13. The monoisotopic (exact) mass is 260 g/mol. The molecule has 2 rings (SSSR count). The SMILES string of the molecule is CCOC(=O)C(=O)NCc1cn(C)c2ccccc12. The van der Waals surface area contributed by atoms with Crippen LogP contribution >= 0.6 is 0 Å². The molecular weight excluding hydrogens is 244 g/mol. The fraction of sp³-hybridized carbons (Fsp3) is 0.286. The Labute approximate surface area is 111 Å². The number of carbonyl (C=O) groups is 2. The van der Waals surface area contributed by atoms with Crippen molar-refractivity contribution in [3.05, 3.63) is 36.0 Å². The number of esters is 1. The molecule has 0 aliphatic carbocycles. The van der Waals surface area contributed by atoms with E-state index < -0.39 is 11.9 Å². The van der Waals surface area contributed by atoms with Crippen LogP contribution in [0.15, 0.2) is 30.5 Å². The fourth-order valence-corrected chi connectivity index (χ4v) is 2.01. The predicted octanol–water partition coefficient (Wildman–Crippen LogP) is 1.36. The van der Waals surface area contributed by atoms with Gasteiger partial charge in [-0.25, -0.2) is 4.79 Å². The summed E-state index contributed by atoms with van der Waals surface area (Å²) in [7, 11) is 1.94. The van der Waals surface area contributed by atoms with Gasteiger partial charge in [-0.05, 0) is 18.6 Å². The maximum absolute atomic E-state index is 11.5. The maximum atomic E-state index is 11.5. The van der Waals surface area contributed by atoms with E-state index in [4.69, 9.17) is 0 Å². The number of benzene rings is 1. The van der Waals surface area contributed by atoms with E-state index in [1.165, 1.54) is 0 Å². The van der Waals surface area contributed by atoms with Gasteiger partial charge >= 0.3 is 11.9 Å². The second kappa shape index (κ2) is 5.56. The number of aryl methyl sites for hydroxylation is 1. The van der Waals surface area contributed by atoms with Crippen molar-refractivity contribution in [1.82, 2.24) is 9.88 Å². The Morgan fingerprint density at radius 2 is 2.05 bits per heavy atom. The number of rotatable bonds is 3. The second-order valence-electron chi connectivity index (χ2n) is 4.19. The van der Waals surface area contributed by atoms with Gasteiger partial charge in [-0.15, -0.1) is 0 Å². The summed E-state index contributed by atoms with van der Waals surface area (Å²) < 4.78 is 6.62. The molecule has 0 aliphatic heterocycles. The van der Waals surface area contributed by atoms with Crippen molar-refractivity contribution in [2.75, 3.05) is 6.61 Å². The van der Waals surface area contributed by atoms with Crippen LogP contribution < -0.4 is 5.32 Å². The van der Waals surface area contributed by atoms with E-state index in [-0.39, 0.29) is 6.61 Å². The zero-order valence-corrected chi connectivity index (χ0v) is 11.0. The van der Waals surface area contributed by atoms with Crippen LogP contribution in [0.5, 0.6) is 0 Å². The topological polar surface area (TPSA) is 60.3 Å². The summed E-state index contributed by atoms with van der Waals surface area (Å²) in [5, 5.41) is 3.63. The van der Waals surface area contributed by atoms with Gasteiger partial charge in [0.25, 0.3) is 0 Å². The molecule has 0 aliphatic rings. The molecule has 0 unspecified atom stereocenters. The lowest BCUT2D eigenvalue weighted by Crippen LogP contribution is -2.31. The van der Waals surface area contributed by atoms with E-state index in [1.54, 1.807) is 6.92 Å². The van der Waals surface area contributed by atoms with Gasteiger partial charge < -0.3 is 14.6 Å². The third-order valence-corrected chi connectivity index (χ3v) is 2.88. The highest BCUT2D eigenvalue weighted by Crippen LogP contribution is 2.19. The minimum absolute atomic E-state index is 0.195. The second-order valence-corrected chi connectivity index (χ2v) is 4.19. The minimum atomic E-state index is -0.845. The average molecular weight is 260 g/mol. The number of amides is 1. The first-order valence-corrected chi connectivity index (χ1v) is 6.11. The first kappa shape index (κ1) is 13.1. The van der Waals surface area contributed by atoms with Crippen molar-refractivity contribution in [1.29, 1.82) is 0 Å². The van der Waals surface area contributed by atoms with Crippen molar-refractivity contribution < 1.29 is 14.3 Å². The lowest BCUT2D eigenvalue weighted by atomic mass is 10.2. The maximum Gasteiger partial charge on any atom is 0.396 e. The molecule has 0 saturated heterocycles. The summed E-state index contributed by atoms with van der Waals surface area (Å²) >= 11 is 0. The molecule has 0 saturated carbocycles. The largest absolute Gasteiger partial charge is 0.459 e. The number of nitrogens with one attached hydrogen (secondary N) is 1. The number of carbonyl (C=O) groups excluding carboxylic acids is 2. The van der Waals surface area contributed by atoms with Crippen LogP contribution in [-0.2, 0) is 27.9 Å². The highest BCUT2D eigenvalue weighted by Gasteiger charge is 2.15. The number of hydrogen-bond donors (Lipinski definition) is 1. The molecule has 19 heavy (non-hydrogen) atoms. The van der Waals surface area contributed by atoms with Crippen molar-refractivity contribution >= 4 is 22.8 Å². The quantitative estimate of drug-likeness (QED) is 0.669. The number of nitrogens with zero attached hydrogens (tertiary/aromatic N) is 1. The highest BCUT2D eigenvalue weighted by atomic mass is 16.5. The van der Waals surface area contributed by atoms with Crippen LogP contribution in [0.25, 0.3) is 10.9 Å². The van der Waals surface area contributed by atoms with Crippen LogP contribution in [0.4, 0.5) is 0 Å². The molecule has 5 nitrogen and oxygen atoms in total. The minimum Gasteiger partial charge on any atom is -0.459 e. The van der Waals surface area contributed by atoms with E-state index >= 15 is 0 Å². The molecule has 5 heteroatoms. The predicted molar refractivity (Wildman–Crippen MR) is 71.4 cm³/mol. The molecular formula is C14H16N2O3. The van der Waals surface area contributed by atoms with E-state index in [0.29, 0.717) is 6.54 Å². The fourth-order valence-electron chi connectivity index (χ4n) is 2.01. The van der Waals surface area contributed by atoms with Crippen molar-refractivity contribution in [2.45, 2.75) is 13.5 Å². The molecule has 1 amide bonds. The number of ether oxygens (including phenoxy) is 1. The molecule has 1 heterocycles. The lowest BCUT2D eigenvalue weighted by molar-refractivity contribution is -0.154. The van der Waals surface area contributed by atoms with Gasteiger partial charge in [-0.1, -0.05) is 18.2 Å². The first-order valence-electron chi connectivity index (χ1n) is 6.11. The molecule has 1 aromatic heterocycles. The standard InChI is InChI=1S/C14H16N2O3/c1-3-19-14(18)13(17)15-8-10-9-16(2)12-7-5-4-6-11(10)12/h4-7,9H,3,8H2,1-2H3,(H,15,17). The Morgan fingerprint density at radius 3 is 2.79 bits per heavy atom. The summed E-state index contributed by atoms with van der Waals surface area (Å²) in [5.74, 6) is -1.56. The van der Waals surface area contributed by atoms with Gasteiger partial charge in [0.05, 0.1) is 6.61 Å². The molecule has 1 N–H and O–H groups in total. The van der Waals surface area contributed by atoms with Crippen LogP contribution in [0, 0.1) is 0 Å². The van der Waals surface area contributed by atoms with Crippen LogP contribution in [0.1, 0.15) is 12.5 Å². The average Bonchev–Trinajstić information content (AvgIpc) is 2.74. The smallest absolute Gasteiger partial charge is 0.396 e. The van der Waals surface area contributed by atoms with Crippen LogP contribution in [-0.4, -0.2) is 23.1 Å². The van der Waals surface area contributed by atoms with Crippen LogP contribution in [0.2, 0.25) is 0 Å². The van der Waals surface area contributed by atoms with E-state index in [2.05, 4.69) is 10.1 Å². The number of para-hydroxylation sites is 1. The number of fused-ring (bicyclic) bond motifs is 1. The van der Waals surface area contributed by atoms with Gasteiger partial charge in [0, 0.05) is 30.7 Å². The Hall–Kier alpha value is -2.30. The van der Waals surface area contributed by atoms with Crippen molar-refractivity contribution in [2.24, 2.45) is 7.05 Å². The van der Waals surface area contributed by atoms with Crippen LogP contribution in [0.3, 0.4) is 0 Å².